The molecule has 0 radical (unpaired) electrons. The van der Waals surface area contributed by atoms with Crippen LogP contribution < -0.4 is 15.4 Å². The number of rotatable bonds is 5. The summed E-state index contributed by atoms with van der Waals surface area (Å²) in [6.45, 7) is 3.19. The highest BCUT2D eigenvalue weighted by atomic mass is 35.5. The smallest absolute Gasteiger partial charge is 0.258 e. The Hall–Kier alpha value is -2.57. The summed E-state index contributed by atoms with van der Waals surface area (Å²) in [4.78, 5) is 17.3. The number of aryl methyl sites for hydroxylation is 1. The van der Waals surface area contributed by atoms with Crippen molar-refractivity contribution in [3.8, 4) is 5.75 Å². The molecule has 1 amide bonds. The van der Waals surface area contributed by atoms with Crippen LogP contribution in [0.2, 0.25) is 5.02 Å². The number of aliphatic imine (C=N–C) groups is 1. The molecule has 1 saturated heterocycles. The third-order valence-electron chi connectivity index (χ3n) is 4.49. The van der Waals surface area contributed by atoms with E-state index in [2.05, 4.69) is 15.6 Å². The molecule has 2 N–H and O–H groups in total. The van der Waals surface area contributed by atoms with E-state index < -0.39 is 0 Å². The third kappa shape index (κ3) is 5.47. The van der Waals surface area contributed by atoms with E-state index in [1.807, 2.05) is 19.1 Å². The molecule has 2 aromatic rings. The van der Waals surface area contributed by atoms with E-state index in [1.165, 1.54) is 0 Å². The number of guanidine groups is 1. The summed E-state index contributed by atoms with van der Waals surface area (Å²) in [6.07, 6.45) is 2.08. The molecule has 1 unspecified atom stereocenters. The Bertz CT molecular complexity index is 864. The van der Waals surface area contributed by atoms with Gasteiger partial charge < -0.3 is 14.8 Å². The van der Waals surface area contributed by atoms with Gasteiger partial charge in [-0.1, -0.05) is 23.7 Å². The van der Waals surface area contributed by atoms with Crippen molar-refractivity contribution in [3.63, 3.8) is 0 Å². The number of nitrogens with zero attached hydrogens (tertiary/aromatic N) is 1. The van der Waals surface area contributed by atoms with Gasteiger partial charge in [-0.3, -0.25) is 10.1 Å². The molecule has 148 valence electrons. The van der Waals surface area contributed by atoms with Gasteiger partial charge in [-0.2, -0.15) is 0 Å². The SMILES string of the molecule is COc1cccc(C(=O)NC(=NCC2CCCO2)Nc2cc(Cl)ccc2C)c1. The number of carbonyl (C=O) groups is 1. The van der Waals surface area contributed by atoms with Crippen molar-refractivity contribution < 1.29 is 14.3 Å². The molecule has 1 fully saturated rings. The van der Waals surface area contributed by atoms with Crippen molar-refractivity contribution in [2.45, 2.75) is 25.9 Å². The number of carbonyl (C=O) groups excluding carboxylic acids is 1. The van der Waals surface area contributed by atoms with Crippen LogP contribution in [-0.4, -0.2) is 38.2 Å². The zero-order valence-corrected chi connectivity index (χ0v) is 16.8. The maximum absolute atomic E-state index is 12.7. The van der Waals surface area contributed by atoms with Crippen LogP contribution in [0.25, 0.3) is 0 Å². The standard InChI is InChI=1S/C21H24ClN3O3/c1-14-8-9-16(22)12-19(14)24-21(23-13-18-7-4-10-28-18)25-20(26)15-5-3-6-17(11-15)27-2/h3,5-6,8-9,11-12,18H,4,7,10,13H2,1-2H3,(H2,23,24,25,26). The lowest BCUT2D eigenvalue weighted by molar-refractivity contribution is 0.0975. The number of methoxy groups -OCH3 is 1. The lowest BCUT2D eigenvalue weighted by Crippen LogP contribution is -2.37. The molecule has 2 aromatic carbocycles. The highest BCUT2D eigenvalue weighted by molar-refractivity contribution is 6.31. The molecule has 0 spiro atoms. The van der Waals surface area contributed by atoms with Gasteiger partial charge in [0.2, 0.25) is 5.96 Å². The van der Waals surface area contributed by atoms with Crippen molar-refractivity contribution in [1.29, 1.82) is 0 Å². The molecule has 0 aliphatic carbocycles. The Labute approximate surface area is 169 Å². The van der Waals surface area contributed by atoms with Gasteiger partial charge in [0.05, 0.1) is 19.8 Å². The summed E-state index contributed by atoms with van der Waals surface area (Å²) in [5, 5.41) is 6.64. The fourth-order valence-electron chi connectivity index (χ4n) is 2.89. The van der Waals surface area contributed by atoms with Gasteiger partial charge in [-0.05, 0) is 55.7 Å². The molecule has 3 rings (SSSR count). The fraction of sp³-hybridized carbons (Fsp3) is 0.333. The summed E-state index contributed by atoms with van der Waals surface area (Å²) in [7, 11) is 1.56. The highest BCUT2D eigenvalue weighted by Gasteiger charge is 2.16. The van der Waals surface area contributed by atoms with E-state index in [0.29, 0.717) is 28.8 Å². The van der Waals surface area contributed by atoms with E-state index in [1.54, 1.807) is 37.4 Å². The molecule has 6 nitrogen and oxygen atoms in total. The monoisotopic (exact) mass is 401 g/mol. The molecular formula is C21H24ClN3O3. The van der Waals surface area contributed by atoms with Gasteiger partial charge in [0.1, 0.15) is 5.75 Å². The number of benzene rings is 2. The van der Waals surface area contributed by atoms with Gasteiger partial charge in [-0.25, -0.2) is 4.99 Å². The summed E-state index contributed by atoms with van der Waals surface area (Å²) >= 11 is 6.11. The van der Waals surface area contributed by atoms with Crippen molar-refractivity contribution in [2.24, 2.45) is 4.99 Å². The molecular weight excluding hydrogens is 378 g/mol. The maximum Gasteiger partial charge on any atom is 0.258 e. The molecule has 1 heterocycles. The van der Waals surface area contributed by atoms with Crippen molar-refractivity contribution in [3.05, 3.63) is 58.6 Å². The molecule has 1 aliphatic rings. The first kappa shape index (κ1) is 20.2. The Morgan fingerprint density at radius 2 is 2.18 bits per heavy atom. The fourth-order valence-corrected chi connectivity index (χ4v) is 3.06. The van der Waals surface area contributed by atoms with Crippen LogP contribution in [0, 0.1) is 6.92 Å². The number of anilines is 1. The normalized spacial score (nSPS) is 16.7. The topological polar surface area (TPSA) is 72.0 Å². The largest absolute Gasteiger partial charge is 0.497 e. The predicted octanol–water partition coefficient (Wildman–Crippen LogP) is 4.03. The van der Waals surface area contributed by atoms with Crippen LogP contribution in [0.5, 0.6) is 5.75 Å². The quantitative estimate of drug-likeness (QED) is 0.586. The van der Waals surface area contributed by atoms with E-state index in [-0.39, 0.29) is 12.0 Å². The number of ether oxygens (including phenoxy) is 2. The number of amides is 1. The van der Waals surface area contributed by atoms with Gasteiger partial charge in [0.15, 0.2) is 0 Å². The first-order valence-corrected chi connectivity index (χ1v) is 9.57. The Morgan fingerprint density at radius 1 is 1.32 bits per heavy atom. The second kappa shape index (κ2) is 9.57. The zero-order valence-electron chi connectivity index (χ0n) is 16.0. The number of halogens is 1. The van der Waals surface area contributed by atoms with Gasteiger partial charge in [0, 0.05) is 22.9 Å². The van der Waals surface area contributed by atoms with E-state index >= 15 is 0 Å². The van der Waals surface area contributed by atoms with Crippen LogP contribution in [0.3, 0.4) is 0 Å². The highest BCUT2D eigenvalue weighted by Crippen LogP contribution is 2.20. The zero-order chi connectivity index (χ0) is 19.9. The Morgan fingerprint density at radius 3 is 2.93 bits per heavy atom. The average molecular weight is 402 g/mol. The van der Waals surface area contributed by atoms with Crippen molar-refractivity contribution in [1.82, 2.24) is 5.32 Å². The van der Waals surface area contributed by atoms with Crippen LogP contribution in [0.15, 0.2) is 47.5 Å². The van der Waals surface area contributed by atoms with Crippen LogP contribution in [0.1, 0.15) is 28.8 Å². The summed E-state index contributed by atoms with van der Waals surface area (Å²) < 4.78 is 10.8. The molecule has 1 aliphatic heterocycles. The molecule has 7 heteroatoms. The van der Waals surface area contributed by atoms with Gasteiger partial charge >= 0.3 is 0 Å². The third-order valence-corrected chi connectivity index (χ3v) is 4.73. The first-order chi connectivity index (χ1) is 13.5. The molecule has 0 bridgehead atoms. The minimum atomic E-state index is -0.280. The summed E-state index contributed by atoms with van der Waals surface area (Å²) in [5.41, 5.74) is 2.25. The van der Waals surface area contributed by atoms with Crippen molar-refractivity contribution in [2.75, 3.05) is 25.6 Å². The predicted molar refractivity (Wildman–Crippen MR) is 112 cm³/mol. The number of hydrogen-bond acceptors (Lipinski definition) is 4. The van der Waals surface area contributed by atoms with Crippen LogP contribution in [-0.2, 0) is 4.74 Å². The molecule has 28 heavy (non-hydrogen) atoms. The van der Waals surface area contributed by atoms with E-state index in [4.69, 9.17) is 21.1 Å². The summed E-state index contributed by atoms with van der Waals surface area (Å²) in [6, 6.07) is 12.5. The minimum Gasteiger partial charge on any atom is -0.497 e. The molecule has 0 aromatic heterocycles. The second-order valence-corrected chi connectivity index (χ2v) is 7.03. The Balaban J connectivity index is 1.79. The van der Waals surface area contributed by atoms with E-state index in [0.717, 1.165) is 30.7 Å². The van der Waals surface area contributed by atoms with Crippen LogP contribution in [0.4, 0.5) is 5.69 Å². The Kier molecular flexibility index (Phi) is 6.90. The molecule has 0 saturated carbocycles. The number of hydrogen-bond donors (Lipinski definition) is 2. The first-order valence-electron chi connectivity index (χ1n) is 9.20. The van der Waals surface area contributed by atoms with Crippen molar-refractivity contribution >= 4 is 29.2 Å². The van der Waals surface area contributed by atoms with Gasteiger partial charge in [0.25, 0.3) is 5.91 Å². The minimum absolute atomic E-state index is 0.0750. The number of nitrogens with one attached hydrogen (secondary N) is 2. The van der Waals surface area contributed by atoms with Gasteiger partial charge in [-0.15, -0.1) is 0 Å². The molecule has 1 atom stereocenters. The maximum atomic E-state index is 12.7. The lowest BCUT2D eigenvalue weighted by atomic mass is 10.2. The average Bonchev–Trinajstić information content (AvgIpc) is 3.22. The lowest BCUT2D eigenvalue weighted by Gasteiger charge is -2.15. The summed E-state index contributed by atoms with van der Waals surface area (Å²) in [5.74, 6) is 0.690. The van der Waals surface area contributed by atoms with Crippen LogP contribution >= 0.6 is 11.6 Å². The second-order valence-electron chi connectivity index (χ2n) is 6.59. The van der Waals surface area contributed by atoms with E-state index in [9.17, 15) is 4.79 Å².